The Kier molecular flexibility index (Phi) is 2.64. The SMILES string of the molecule is [2H]c1c2c(c([2H])c(OC([2H])([2H])[2H])c1OC([2H])([2H])[2H])C1N(CC2)C([2H])([2H])C([2H])(C([2H])([2H])C([2H])(C)C([2H])([2H])[2H])C([2H])(OC(=O)[C@@H](N)C(C)C)C1([2H])[2H]. The molecule has 6 heteroatoms. The molecule has 2 N–H and O–H groups in total. The normalized spacial score (nSPS) is 46.6. The maximum atomic E-state index is 13.4. The maximum Gasteiger partial charge on any atom is 0.323 e. The van der Waals surface area contributed by atoms with Crippen molar-refractivity contribution in [3.05, 3.63) is 23.2 Å². The number of hydrogen-bond donors (Lipinski definition) is 1. The highest BCUT2D eigenvalue weighted by atomic mass is 16.5. The number of methoxy groups -OCH3 is 2. The molecule has 1 aromatic rings. The number of carbonyl (C=O) groups excluding carboxylic acids is 1. The van der Waals surface area contributed by atoms with Crippen LogP contribution in [0, 0.1) is 17.7 Å². The molecule has 0 spiro atoms. The molecule has 0 saturated carbocycles. The molecule has 2 aliphatic heterocycles. The Labute approximate surface area is 209 Å². The van der Waals surface area contributed by atoms with E-state index in [1.807, 2.05) is 0 Å². The number of benzene rings is 1. The van der Waals surface area contributed by atoms with Crippen molar-refractivity contribution in [3.8, 4) is 11.5 Å². The van der Waals surface area contributed by atoms with Gasteiger partial charge in [-0.3, -0.25) is 9.69 Å². The average molecular weight is 439 g/mol. The third-order valence-corrected chi connectivity index (χ3v) is 4.69. The van der Waals surface area contributed by atoms with Gasteiger partial charge in [-0.1, -0.05) is 27.6 Å². The second-order valence-electron chi connectivity index (χ2n) is 7.25. The number of hydrogen-bond acceptors (Lipinski definition) is 6. The molecular weight excluding hydrogens is 380 g/mol. The van der Waals surface area contributed by atoms with Gasteiger partial charge in [-0.25, -0.2) is 0 Å². The van der Waals surface area contributed by atoms with Crippen LogP contribution < -0.4 is 15.2 Å². The molecule has 30 heavy (non-hydrogen) atoms. The van der Waals surface area contributed by atoms with E-state index in [1.165, 1.54) is 13.8 Å². The summed E-state index contributed by atoms with van der Waals surface area (Å²) in [5.41, 5.74) is 4.71. The fourth-order valence-corrected chi connectivity index (χ4v) is 3.06. The second-order valence-corrected chi connectivity index (χ2v) is 7.25. The van der Waals surface area contributed by atoms with E-state index in [4.69, 9.17) is 39.1 Å². The molecule has 4 unspecified atom stereocenters. The number of ether oxygens (including phenoxy) is 3. The number of carbonyl (C=O) groups is 1. The lowest BCUT2D eigenvalue weighted by molar-refractivity contribution is -0.160. The van der Waals surface area contributed by atoms with Crippen molar-refractivity contribution in [2.24, 2.45) is 23.4 Å². The van der Waals surface area contributed by atoms with Crippen LogP contribution in [0.2, 0.25) is 0 Å². The zero-order chi connectivity index (χ0) is 39.4. The van der Waals surface area contributed by atoms with Gasteiger partial charge in [0.1, 0.15) is 12.1 Å². The lowest BCUT2D eigenvalue weighted by atomic mass is 9.79. The summed E-state index contributed by atoms with van der Waals surface area (Å²) in [7, 11) is -6.76. The Balaban J connectivity index is 2.57. The summed E-state index contributed by atoms with van der Waals surface area (Å²) in [4.78, 5) is 13.8. The second kappa shape index (κ2) is 9.56. The molecule has 2 heterocycles. The van der Waals surface area contributed by atoms with Gasteiger partial charge in [0.25, 0.3) is 0 Å². The van der Waals surface area contributed by atoms with E-state index in [9.17, 15) is 13.0 Å². The fourth-order valence-electron chi connectivity index (χ4n) is 3.06. The molecule has 3 rings (SSSR count). The van der Waals surface area contributed by atoms with Crippen molar-refractivity contribution in [2.45, 2.75) is 65.0 Å². The van der Waals surface area contributed by atoms with E-state index >= 15 is 0 Å². The smallest absolute Gasteiger partial charge is 0.323 e. The van der Waals surface area contributed by atoms with Crippen LogP contribution >= 0.6 is 0 Å². The number of rotatable bonds is 7. The molecule has 0 bridgehead atoms. The van der Waals surface area contributed by atoms with Gasteiger partial charge in [-0.2, -0.15) is 0 Å². The molecule has 1 fully saturated rings. The van der Waals surface area contributed by atoms with Crippen molar-refractivity contribution in [2.75, 3.05) is 27.1 Å². The number of esters is 1. The van der Waals surface area contributed by atoms with Crippen LogP contribution in [0.5, 0.6) is 11.5 Å². The zero-order valence-corrected chi connectivity index (χ0v) is 16.8. The zero-order valence-electron chi connectivity index (χ0n) is 36.8. The summed E-state index contributed by atoms with van der Waals surface area (Å²) in [5.74, 6) is -12.3. The van der Waals surface area contributed by atoms with Crippen LogP contribution in [0.15, 0.2) is 12.1 Å². The minimum Gasteiger partial charge on any atom is -0.493 e. The molecule has 1 aromatic carbocycles. The first-order valence-corrected chi connectivity index (χ1v) is 9.27. The number of nitrogens with two attached hydrogens (primary N) is 1. The predicted molar refractivity (Wildman–Crippen MR) is 118 cm³/mol. The highest BCUT2D eigenvalue weighted by Crippen LogP contribution is 2.44. The van der Waals surface area contributed by atoms with E-state index < -0.39 is 130 Å². The monoisotopic (exact) mass is 438 g/mol. The summed E-state index contributed by atoms with van der Waals surface area (Å²) in [5, 5.41) is 0. The van der Waals surface area contributed by atoms with Gasteiger partial charge in [0, 0.05) is 46.4 Å². The third-order valence-electron chi connectivity index (χ3n) is 4.69. The van der Waals surface area contributed by atoms with Crippen LogP contribution in [-0.2, 0) is 16.0 Å². The standard InChI is InChI=1S/C24H38N2O4/c1-14(2)9-17-13-26-8-7-16-10-21(28-5)22(29-6)11-18(16)19(26)12-20(17)30-24(27)23(25)15(3)4/h10-11,14-15,17,19-20,23H,7-9,12-13,25H2,1-6H3/t17?,19?,20?,23-/m0/s1/i1D3,5D3,6D3,9D2,10D,11D,12D2,13D2,14D,17D,20D/t14?,17?,19?,20?,23-. The van der Waals surface area contributed by atoms with E-state index in [2.05, 4.69) is 0 Å². The number of piperidine rings is 1. The molecule has 168 valence electrons. The van der Waals surface area contributed by atoms with Crippen molar-refractivity contribution in [1.82, 2.24) is 4.90 Å². The lowest BCUT2D eigenvalue weighted by Gasteiger charge is -2.47. The van der Waals surface area contributed by atoms with Gasteiger partial charge < -0.3 is 19.9 Å². The quantitative estimate of drug-likeness (QED) is 0.656. The number of fused-ring (bicyclic) bond motifs is 3. The molecule has 5 atom stereocenters. The van der Waals surface area contributed by atoms with Gasteiger partial charge in [0.05, 0.1) is 26.4 Å². The minimum atomic E-state index is -4.17. The van der Waals surface area contributed by atoms with Crippen LogP contribution in [0.25, 0.3) is 0 Å². The minimum absolute atomic E-state index is 0.408. The largest absolute Gasteiger partial charge is 0.493 e. The van der Waals surface area contributed by atoms with Crippen molar-refractivity contribution in [3.63, 3.8) is 0 Å². The topological polar surface area (TPSA) is 74.0 Å². The summed E-state index contributed by atoms with van der Waals surface area (Å²) in [6.45, 7) is -4.89. The Hall–Kier alpha value is -1.79. The highest BCUT2D eigenvalue weighted by Gasteiger charge is 2.41. The van der Waals surface area contributed by atoms with Gasteiger partial charge in [-0.15, -0.1) is 0 Å². The molecule has 0 amide bonds. The van der Waals surface area contributed by atoms with Gasteiger partial charge >= 0.3 is 5.97 Å². The molecule has 0 aromatic heterocycles. The molecule has 6 nitrogen and oxygen atoms in total. The van der Waals surface area contributed by atoms with Crippen LogP contribution in [-0.4, -0.2) is 50.1 Å². The first kappa shape index (κ1) is 8.28. The molecule has 0 radical (unpaired) electrons. The number of nitrogens with zero attached hydrogens (tertiary/aromatic N) is 1. The van der Waals surface area contributed by atoms with E-state index in [1.54, 1.807) is 0 Å². The van der Waals surface area contributed by atoms with Crippen molar-refractivity contribution in [1.29, 1.82) is 0 Å². The van der Waals surface area contributed by atoms with Crippen LogP contribution in [0.3, 0.4) is 0 Å². The van der Waals surface area contributed by atoms with Crippen LogP contribution in [0.1, 0.15) is 85.0 Å². The van der Waals surface area contributed by atoms with Gasteiger partial charge in [-0.05, 0) is 47.8 Å². The summed E-state index contributed by atoms with van der Waals surface area (Å²) in [6, 6.07) is -6.18. The van der Waals surface area contributed by atoms with Gasteiger partial charge in [0.2, 0.25) is 0 Å². The Morgan fingerprint density at radius 3 is 2.83 bits per heavy atom. The van der Waals surface area contributed by atoms with Crippen molar-refractivity contribution < 1.29 is 46.4 Å². The average Bonchev–Trinajstić information content (AvgIpc) is 2.92. The first-order valence-electron chi connectivity index (χ1n) is 19.3. The molecular formula is C24H38N2O4. The summed E-state index contributed by atoms with van der Waals surface area (Å²) < 4.78 is 184. The first-order chi connectivity index (χ1) is 22.0. The van der Waals surface area contributed by atoms with Crippen LogP contribution in [0.4, 0.5) is 0 Å². The Bertz CT molecular complexity index is 1510. The lowest BCUT2D eigenvalue weighted by Crippen LogP contribution is -2.51. The summed E-state index contributed by atoms with van der Waals surface area (Å²) in [6.07, 6.45) is -12.6. The molecule has 1 saturated heterocycles. The predicted octanol–water partition coefficient (Wildman–Crippen LogP) is 3.56. The van der Waals surface area contributed by atoms with E-state index in [0.717, 1.165) is 0 Å². The molecule has 2 aliphatic rings. The highest BCUT2D eigenvalue weighted by molar-refractivity contribution is 5.76. The Morgan fingerprint density at radius 2 is 2.17 bits per heavy atom. The fraction of sp³-hybridized carbons (Fsp3) is 0.708. The third kappa shape index (κ3) is 4.75. The maximum absolute atomic E-state index is 13.4. The van der Waals surface area contributed by atoms with Crippen molar-refractivity contribution >= 4 is 5.97 Å². The van der Waals surface area contributed by atoms with Gasteiger partial charge in [0.15, 0.2) is 11.5 Å². The van der Waals surface area contributed by atoms with E-state index in [0.29, 0.717) is 11.8 Å². The summed E-state index contributed by atoms with van der Waals surface area (Å²) >= 11 is 0. The van der Waals surface area contributed by atoms with E-state index in [-0.39, 0.29) is 0 Å². The Morgan fingerprint density at radius 1 is 1.43 bits per heavy atom. The molecule has 0 aliphatic carbocycles.